The number of hydrogen-bond acceptors (Lipinski definition) is 4. The average Bonchev–Trinajstić information content (AvgIpc) is 3.20. The van der Waals surface area contributed by atoms with Gasteiger partial charge in [-0.15, -0.1) is 0 Å². The van der Waals surface area contributed by atoms with Gasteiger partial charge in [-0.25, -0.2) is 0 Å². The second-order valence-corrected chi connectivity index (χ2v) is 6.34. The number of amides is 2. The molecule has 134 valence electrons. The molecule has 1 fully saturated rings. The molecular weight excluding hydrogens is 332 g/mol. The highest BCUT2D eigenvalue weighted by molar-refractivity contribution is 6.12. The molecule has 2 aromatic carbocycles. The summed E-state index contributed by atoms with van der Waals surface area (Å²) in [6.45, 7) is 2.83. The van der Waals surface area contributed by atoms with E-state index < -0.39 is 5.92 Å². The monoisotopic (exact) mass is 352 g/mol. The first-order chi connectivity index (χ1) is 12.6. The maximum atomic E-state index is 12.8. The zero-order chi connectivity index (χ0) is 18.3. The van der Waals surface area contributed by atoms with Crippen molar-refractivity contribution >= 4 is 39.4 Å². The quantitative estimate of drug-likeness (QED) is 0.733. The minimum atomic E-state index is -0.647. The molecule has 26 heavy (non-hydrogen) atoms. The van der Waals surface area contributed by atoms with Gasteiger partial charge >= 0.3 is 0 Å². The van der Waals surface area contributed by atoms with Crippen LogP contribution in [0, 0.1) is 5.92 Å². The molecule has 1 aromatic heterocycles. The van der Waals surface area contributed by atoms with Crippen LogP contribution in [0.15, 0.2) is 40.8 Å². The van der Waals surface area contributed by atoms with Crippen molar-refractivity contribution in [1.82, 2.24) is 5.32 Å². The van der Waals surface area contributed by atoms with Crippen molar-refractivity contribution in [3.8, 4) is 5.75 Å². The third-order valence-electron chi connectivity index (χ3n) is 4.84. The fourth-order valence-corrected chi connectivity index (χ4v) is 3.58. The molecule has 6 heteroatoms. The number of methoxy groups -OCH3 is 1. The molecule has 1 aliphatic heterocycles. The summed E-state index contributed by atoms with van der Waals surface area (Å²) in [5.74, 6) is -0.478. The first-order valence-electron chi connectivity index (χ1n) is 8.72. The highest BCUT2D eigenvalue weighted by atomic mass is 16.5. The van der Waals surface area contributed by atoms with E-state index in [9.17, 15) is 9.59 Å². The van der Waals surface area contributed by atoms with Crippen LogP contribution in [0.4, 0.5) is 5.69 Å². The van der Waals surface area contributed by atoms with E-state index >= 15 is 0 Å². The summed E-state index contributed by atoms with van der Waals surface area (Å²) in [6.07, 6.45) is 0.492. The van der Waals surface area contributed by atoms with Crippen LogP contribution in [0.1, 0.15) is 13.3 Å². The largest absolute Gasteiger partial charge is 0.495 e. The van der Waals surface area contributed by atoms with Crippen molar-refractivity contribution in [1.29, 1.82) is 0 Å². The lowest BCUT2D eigenvalue weighted by Crippen LogP contribution is -2.36. The predicted molar refractivity (Wildman–Crippen MR) is 99.4 cm³/mol. The van der Waals surface area contributed by atoms with E-state index in [0.29, 0.717) is 36.5 Å². The Morgan fingerprint density at radius 2 is 2.08 bits per heavy atom. The summed E-state index contributed by atoms with van der Waals surface area (Å²) in [6, 6.07) is 11.5. The molecule has 0 bridgehead atoms. The number of fused-ring (bicyclic) bond motifs is 3. The van der Waals surface area contributed by atoms with Crippen LogP contribution in [0.25, 0.3) is 21.9 Å². The van der Waals surface area contributed by atoms with Gasteiger partial charge in [0.05, 0.1) is 12.8 Å². The minimum absolute atomic E-state index is 0.204. The Morgan fingerprint density at radius 3 is 2.85 bits per heavy atom. The molecule has 3 aromatic rings. The minimum Gasteiger partial charge on any atom is -0.495 e. The molecule has 0 radical (unpaired) electrons. The number of carbonyl (C=O) groups excluding carboxylic acids is 2. The number of ether oxygens (including phenoxy) is 1. The van der Waals surface area contributed by atoms with Crippen molar-refractivity contribution in [2.45, 2.75) is 13.3 Å². The summed E-state index contributed by atoms with van der Waals surface area (Å²) >= 11 is 0. The van der Waals surface area contributed by atoms with Gasteiger partial charge in [0, 0.05) is 29.9 Å². The van der Waals surface area contributed by atoms with Gasteiger partial charge in [-0.1, -0.05) is 18.2 Å². The standard InChI is InChI=1S/C20H20N2O4/c1-3-21-19(23)13-8-9-22(20(13)24)15-11-17-14(10-18(15)25-2)12-6-4-5-7-16(12)26-17/h4-7,10-11,13H,3,8-9H2,1-2H3,(H,21,23)/t13-/m1/s1. The van der Waals surface area contributed by atoms with Gasteiger partial charge in [0.1, 0.15) is 22.8 Å². The second-order valence-electron chi connectivity index (χ2n) is 6.34. The number of benzene rings is 2. The predicted octanol–water partition coefficient (Wildman–Crippen LogP) is 3.08. The number of nitrogens with zero attached hydrogens (tertiary/aromatic N) is 1. The maximum Gasteiger partial charge on any atom is 0.239 e. The fraction of sp³-hybridized carbons (Fsp3) is 0.300. The third kappa shape index (κ3) is 2.49. The van der Waals surface area contributed by atoms with Crippen LogP contribution < -0.4 is 15.0 Å². The van der Waals surface area contributed by atoms with Crippen molar-refractivity contribution in [3.63, 3.8) is 0 Å². The number of hydrogen-bond donors (Lipinski definition) is 1. The lowest BCUT2D eigenvalue weighted by Gasteiger charge is -2.19. The molecule has 1 aliphatic rings. The first kappa shape index (κ1) is 16.4. The fourth-order valence-electron chi connectivity index (χ4n) is 3.58. The number of carbonyl (C=O) groups is 2. The SMILES string of the molecule is CCNC(=O)[C@H]1CCN(c2cc3oc4ccccc4c3cc2OC)C1=O. The van der Waals surface area contributed by atoms with Gasteiger partial charge < -0.3 is 19.4 Å². The Kier molecular flexibility index (Phi) is 4.03. The van der Waals surface area contributed by atoms with Gasteiger partial charge in [0.2, 0.25) is 11.8 Å². The van der Waals surface area contributed by atoms with Gasteiger partial charge in [-0.05, 0) is 25.5 Å². The Balaban J connectivity index is 1.77. The molecule has 2 amide bonds. The normalized spacial score (nSPS) is 17.2. The molecule has 0 saturated carbocycles. The van der Waals surface area contributed by atoms with Gasteiger partial charge in [-0.3, -0.25) is 9.59 Å². The van der Waals surface area contributed by atoms with Crippen LogP contribution in [0.5, 0.6) is 5.75 Å². The van der Waals surface area contributed by atoms with Crippen molar-refractivity contribution in [2.24, 2.45) is 5.92 Å². The van der Waals surface area contributed by atoms with Gasteiger partial charge in [-0.2, -0.15) is 0 Å². The topological polar surface area (TPSA) is 71.8 Å². The highest BCUT2D eigenvalue weighted by Gasteiger charge is 2.38. The summed E-state index contributed by atoms with van der Waals surface area (Å²) < 4.78 is 11.5. The van der Waals surface area contributed by atoms with Crippen LogP contribution in [-0.2, 0) is 9.59 Å². The zero-order valence-electron chi connectivity index (χ0n) is 14.7. The van der Waals surface area contributed by atoms with E-state index in [1.165, 1.54) is 0 Å². The Hall–Kier alpha value is -3.02. The number of rotatable bonds is 4. The zero-order valence-corrected chi connectivity index (χ0v) is 14.7. The summed E-state index contributed by atoms with van der Waals surface area (Å²) in [5, 5.41) is 4.67. The Labute approximate surface area is 150 Å². The molecule has 0 unspecified atom stereocenters. The van der Waals surface area contributed by atoms with E-state index in [4.69, 9.17) is 9.15 Å². The van der Waals surface area contributed by atoms with E-state index in [1.54, 1.807) is 12.0 Å². The van der Waals surface area contributed by atoms with E-state index in [2.05, 4.69) is 5.32 Å². The molecule has 1 atom stereocenters. The molecular formula is C20H20N2O4. The third-order valence-corrected chi connectivity index (χ3v) is 4.84. The molecule has 4 rings (SSSR count). The molecule has 0 spiro atoms. The van der Waals surface area contributed by atoms with Gasteiger partial charge in [0.25, 0.3) is 0 Å². The maximum absolute atomic E-state index is 12.8. The summed E-state index contributed by atoms with van der Waals surface area (Å²) in [5.41, 5.74) is 2.11. The van der Waals surface area contributed by atoms with Crippen molar-refractivity contribution in [3.05, 3.63) is 36.4 Å². The number of furan rings is 1. The van der Waals surface area contributed by atoms with E-state index in [1.807, 2.05) is 43.3 Å². The second kappa shape index (κ2) is 6.37. The molecule has 1 N–H and O–H groups in total. The van der Waals surface area contributed by atoms with Gasteiger partial charge in [0.15, 0.2) is 0 Å². The smallest absolute Gasteiger partial charge is 0.239 e. The van der Waals surface area contributed by atoms with Crippen molar-refractivity contribution < 1.29 is 18.7 Å². The van der Waals surface area contributed by atoms with Crippen LogP contribution in [-0.4, -0.2) is 32.0 Å². The highest BCUT2D eigenvalue weighted by Crippen LogP contribution is 2.40. The van der Waals surface area contributed by atoms with E-state index in [0.717, 1.165) is 16.4 Å². The van der Waals surface area contributed by atoms with Crippen LogP contribution in [0.3, 0.4) is 0 Å². The molecule has 0 aliphatic carbocycles. The number of para-hydroxylation sites is 1. The Bertz CT molecular complexity index is 1010. The van der Waals surface area contributed by atoms with Crippen LogP contribution in [0.2, 0.25) is 0 Å². The Morgan fingerprint density at radius 1 is 1.27 bits per heavy atom. The van der Waals surface area contributed by atoms with E-state index in [-0.39, 0.29) is 11.8 Å². The molecule has 1 saturated heterocycles. The van der Waals surface area contributed by atoms with Crippen molar-refractivity contribution in [2.75, 3.05) is 25.1 Å². The lowest BCUT2D eigenvalue weighted by atomic mass is 10.1. The number of nitrogens with one attached hydrogen (secondary N) is 1. The molecule has 2 heterocycles. The van der Waals surface area contributed by atoms with Crippen LogP contribution >= 0.6 is 0 Å². The summed E-state index contributed by atoms with van der Waals surface area (Å²) in [4.78, 5) is 26.5. The molecule has 6 nitrogen and oxygen atoms in total. The number of anilines is 1. The summed E-state index contributed by atoms with van der Waals surface area (Å²) in [7, 11) is 1.58. The lowest BCUT2D eigenvalue weighted by molar-refractivity contribution is -0.132. The first-order valence-corrected chi connectivity index (χ1v) is 8.72. The average molecular weight is 352 g/mol.